The van der Waals surface area contributed by atoms with Crippen LogP contribution >= 0.6 is 0 Å². The zero-order valence-corrected chi connectivity index (χ0v) is 14.0. The SMILES string of the molecule is O=C(Cc1ccc(Cc2ccc(F)cc2)o1)C(=O)c1cccc(C(=O)O)n1. The monoisotopic (exact) mass is 367 g/mol. The lowest BCUT2D eigenvalue weighted by molar-refractivity contribution is -0.114. The number of carboxylic acid groups (broad SMARTS) is 1. The number of halogens is 1. The Balaban J connectivity index is 1.66. The highest BCUT2D eigenvalue weighted by Gasteiger charge is 2.21. The Bertz CT molecular complexity index is 1010. The first kappa shape index (κ1) is 18.2. The second-order valence-electron chi connectivity index (χ2n) is 5.81. The molecule has 2 heterocycles. The quantitative estimate of drug-likeness (QED) is 0.509. The molecule has 0 fully saturated rings. The largest absolute Gasteiger partial charge is 0.477 e. The second kappa shape index (κ2) is 7.74. The molecule has 0 bridgehead atoms. The Labute approximate surface area is 153 Å². The molecule has 0 radical (unpaired) electrons. The Kier molecular flexibility index (Phi) is 5.21. The van der Waals surface area contributed by atoms with Crippen molar-refractivity contribution in [3.05, 3.63) is 88.9 Å². The molecule has 0 saturated heterocycles. The lowest BCUT2D eigenvalue weighted by Crippen LogP contribution is -2.18. The van der Waals surface area contributed by atoms with Crippen molar-refractivity contribution in [1.82, 2.24) is 4.98 Å². The summed E-state index contributed by atoms with van der Waals surface area (Å²) in [6.45, 7) is 0. The molecular weight excluding hydrogens is 353 g/mol. The fourth-order valence-electron chi connectivity index (χ4n) is 2.48. The smallest absolute Gasteiger partial charge is 0.354 e. The van der Waals surface area contributed by atoms with Gasteiger partial charge in [-0.3, -0.25) is 9.59 Å². The van der Waals surface area contributed by atoms with Gasteiger partial charge in [0.25, 0.3) is 0 Å². The number of carboxylic acids is 1. The fourth-order valence-corrected chi connectivity index (χ4v) is 2.48. The molecule has 2 aromatic heterocycles. The Morgan fingerprint density at radius 2 is 1.59 bits per heavy atom. The summed E-state index contributed by atoms with van der Waals surface area (Å²) in [5, 5.41) is 8.91. The van der Waals surface area contributed by atoms with E-state index >= 15 is 0 Å². The number of benzene rings is 1. The van der Waals surface area contributed by atoms with Crippen LogP contribution in [-0.4, -0.2) is 27.6 Å². The number of rotatable bonds is 7. The van der Waals surface area contributed by atoms with Gasteiger partial charge in [0, 0.05) is 6.42 Å². The third-order valence-electron chi connectivity index (χ3n) is 3.80. The van der Waals surface area contributed by atoms with E-state index in [-0.39, 0.29) is 23.6 Å². The number of aromatic nitrogens is 1. The van der Waals surface area contributed by atoms with E-state index in [4.69, 9.17) is 9.52 Å². The first-order valence-corrected chi connectivity index (χ1v) is 8.02. The van der Waals surface area contributed by atoms with Gasteiger partial charge in [0.2, 0.25) is 11.6 Å². The second-order valence-corrected chi connectivity index (χ2v) is 5.81. The van der Waals surface area contributed by atoms with E-state index in [0.29, 0.717) is 17.9 Å². The third kappa shape index (κ3) is 4.52. The lowest BCUT2D eigenvalue weighted by atomic mass is 10.1. The number of pyridine rings is 1. The minimum Gasteiger partial charge on any atom is -0.477 e. The van der Waals surface area contributed by atoms with Gasteiger partial charge in [-0.2, -0.15) is 0 Å². The van der Waals surface area contributed by atoms with Crippen LogP contribution in [0.25, 0.3) is 0 Å². The zero-order chi connectivity index (χ0) is 19.4. The Morgan fingerprint density at radius 1 is 0.926 bits per heavy atom. The average Bonchev–Trinajstić information content (AvgIpc) is 3.09. The molecule has 6 nitrogen and oxygen atoms in total. The van der Waals surface area contributed by atoms with E-state index in [0.717, 1.165) is 5.56 Å². The van der Waals surface area contributed by atoms with E-state index in [1.54, 1.807) is 24.3 Å². The maximum atomic E-state index is 12.9. The summed E-state index contributed by atoms with van der Waals surface area (Å²) >= 11 is 0. The number of carbonyl (C=O) groups excluding carboxylic acids is 2. The molecular formula is C20H14FNO5. The zero-order valence-electron chi connectivity index (χ0n) is 14.0. The predicted molar refractivity (Wildman–Crippen MR) is 92.2 cm³/mol. The summed E-state index contributed by atoms with van der Waals surface area (Å²) in [5.41, 5.74) is 0.306. The lowest BCUT2D eigenvalue weighted by Gasteiger charge is -2.01. The summed E-state index contributed by atoms with van der Waals surface area (Å²) in [7, 11) is 0. The molecule has 3 rings (SSSR count). The van der Waals surface area contributed by atoms with Crippen molar-refractivity contribution < 1.29 is 28.3 Å². The highest BCUT2D eigenvalue weighted by Crippen LogP contribution is 2.15. The van der Waals surface area contributed by atoms with Gasteiger partial charge >= 0.3 is 5.97 Å². The molecule has 3 aromatic rings. The number of Topliss-reactive ketones (excluding diaryl/α,β-unsaturated/α-hetero) is 2. The van der Waals surface area contributed by atoms with Gasteiger partial charge in [-0.1, -0.05) is 18.2 Å². The molecule has 7 heteroatoms. The van der Waals surface area contributed by atoms with Crippen molar-refractivity contribution >= 4 is 17.5 Å². The number of carbonyl (C=O) groups is 3. The standard InChI is InChI=1S/C20H14FNO5/c21-13-6-4-12(5-7-13)10-14-8-9-15(27-14)11-18(23)19(24)16-2-1-3-17(22-16)20(25)26/h1-9H,10-11H2,(H,25,26). The topological polar surface area (TPSA) is 97.5 Å². The van der Waals surface area contributed by atoms with Crippen LogP contribution in [0, 0.1) is 5.82 Å². The van der Waals surface area contributed by atoms with Crippen molar-refractivity contribution in [1.29, 1.82) is 0 Å². The summed E-state index contributed by atoms with van der Waals surface area (Å²) in [5.74, 6) is -2.37. The van der Waals surface area contributed by atoms with Crippen LogP contribution in [-0.2, 0) is 17.6 Å². The van der Waals surface area contributed by atoms with Crippen molar-refractivity contribution in [2.45, 2.75) is 12.8 Å². The number of nitrogens with zero attached hydrogens (tertiary/aromatic N) is 1. The molecule has 0 aliphatic carbocycles. The van der Waals surface area contributed by atoms with Crippen LogP contribution < -0.4 is 0 Å². The van der Waals surface area contributed by atoms with E-state index in [9.17, 15) is 18.8 Å². The van der Waals surface area contributed by atoms with Gasteiger partial charge in [-0.25, -0.2) is 14.2 Å². The first-order chi connectivity index (χ1) is 12.9. The van der Waals surface area contributed by atoms with Crippen LogP contribution in [0.2, 0.25) is 0 Å². The van der Waals surface area contributed by atoms with Gasteiger partial charge in [0.15, 0.2) is 0 Å². The van der Waals surface area contributed by atoms with Crippen LogP contribution in [0.1, 0.15) is 38.1 Å². The minimum atomic E-state index is -1.28. The van der Waals surface area contributed by atoms with Crippen molar-refractivity contribution in [2.75, 3.05) is 0 Å². The molecule has 0 atom stereocenters. The van der Waals surface area contributed by atoms with Crippen LogP contribution in [0.5, 0.6) is 0 Å². The molecule has 1 N–H and O–H groups in total. The maximum absolute atomic E-state index is 12.9. The highest BCUT2D eigenvalue weighted by molar-refractivity contribution is 6.43. The van der Waals surface area contributed by atoms with Gasteiger partial charge in [0.05, 0.1) is 6.42 Å². The first-order valence-electron chi connectivity index (χ1n) is 8.02. The van der Waals surface area contributed by atoms with E-state index in [1.807, 2.05) is 0 Å². The number of ketones is 2. The molecule has 27 heavy (non-hydrogen) atoms. The fraction of sp³-hybridized carbons (Fsp3) is 0.100. The normalized spacial score (nSPS) is 10.6. The molecule has 136 valence electrons. The number of hydrogen-bond donors (Lipinski definition) is 1. The molecule has 0 aliphatic heterocycles. The Hall–Kier alpha value is -3.61. The molecule has 0 spiro atoms. The minimum absolute atomic E-state index is 0.224. The predicted octanol–water partition coefficient (Wildman–Crippen LogP) is 3.10. The molecule has 0 aliphatic rings. The molecule has 0 unspecified atom stereocenters. The van der Waals surface area contributed by atoms with E-state index in [2.05, 4.69) is 4.98 Å². The number of aromatic carboxylic acids is 1. The van der Waals surface area contributed by atoms with Gasteiger partial charge < -0.3 is 9.52 Å². The average molecular weight is 367 g/mol. The number of furan rings is 1. The maximum Gasteiger partial charge on any atom is 0.354 e. The summed E-state index contributed by atoms with van der Waals surface area (Å²) in [6.07, 6.45) is 0.159. The van der Waals surface area contributed by atoms with Crippen molar-refractivity contribution in [3.63, 3.8) is 0 Å². The van der Waals surface area contributed by atoms with Gasteiger partial charge in [-0.05, 0) is 42.0 Å². The van der Waals surface area contributed by atoms with Crippen LogP contribution in [0.15, 0.2) is 59.0 Å². The van der Waals surface area contributed by atoms with Crippen LogP contribution in [0.3, 0.4) is 0 Å². The third-order valence-corrected chi connectivity index (χ3v) is 3.80. The molecule has 1 aromatic carbocycles. The molecule has 0 amide bonds. The van der Waals surface area contributed by atoms with Gasteiger partial charge in [0.1, 0.15) is 28.7 Å². The van der Waals surface area contributed by atoms with E-state index in [1.165, 1.54) is 30.3 Å². The van der Waals surface area contributed by atoms with Gasteiger partial charge in [-0.15, -0.1) is 0 Å². The van der Waals surface area contributed by atoms with E-state index < -0.39 is 17.5 Å². The highest BCUT2D eigenvalue weighted by atomic mass is 19.1. The van der Waals surface area contributed by atoms with Crippen molar-refractivity contribution in [2.24, 2.45) is 0 Å². The summed E-state index contributed by atoms with van der Waals surface area (Å²) in [4.78, 5) is 38.9. The summed E-state index contributed by atoms with van der Waals surface area (Å²) < 4.78 is 18.5. The number of hydrogen-bond acceptors (Lipinski definition) is 5. The summed E-state index contributed by atoms with van der Waals surface area (Å²) in [6, 6.07) is 13.1. The van der Waals surface area contributed by atoms with Crippen molar-refractivity contribution in [3.8, 4) is 0 Å². The molecule has 0 saturated carbocycles. The van der Waals surface area contributed by atoms with Crippen LogP contribution in [0.4, 0.5) is 4.39 Å². The Morgan fingerprint density at radius 3 is 2.30 bits per heavy atom.